The molecule has 218 valence electrons. The number of fused-ring (bicyclic) bond motifs is 3. The van der Waals surface area contributed by atoms with E-state index < -0.39 is 0 Å². The third kappa shape index (κ3) is 7.08. The average molecular weight is 606 g/mol. The number of aryl methyl sites for hydroxylation is 2. The van der Waals surface area contributed by atoms with E-state index in [9.17, 15) is 15.0 Å². The molecular formula is C34H34Cl2N2O4. The molecule has 0 radical (unpaired) electrons. The molecule has 0 atom stereocenters. The number of para-hydroxylation sites is 1. The van der Waals surface area contributed by atoms with E-state index in [1.807, 2.05) is 36.4 Å². The zero-order valence-electron chi connectivity index (χ0n) is 23.6. The molecule has 1 aromatic heterocycles. The summed E-state index contributed by atoms with van der Waals surface area (Å²) in [5.41, 5.74) is 5.99. The maximum absolute atomic E-state index is 12.0. The van der Waals surface area contributed by atoms with Gasteiger partial charge in [0.15, 0.2) is 5.43 Å². The number of phenols is 2. The Morgan fingerprint density at radius 2 is 1.55 bits per heavy atom. The molecule has 6 rings (SSSR count). The molecule has 2 N–H and O–H groups in total. The Hall–Kier alpha value is -3.97. The number of hydrogen-bond acceptors (Lipinski definition) is 6. The number of nitrogens with zero attached hydrogens (tertiary/aromatic N) is 2. The quantitative estimate of drug-likeness (QED) is 0.213. The fourth-order valence-corrected chi connectivity index (χ4v) is 5.34. The van der Waals surface area contributed by atoms with Crippen molar-refractivity contribution in [3.63, 3.8) is 0 Å². The molecule has 6 nitrogen and oxygen atoms in total. The van der Waals surface area contributed by atoms with Crippen molar-refractivity contribution < 1.29 is 14.6 Å². The van der Waals surface area contributed by atoms with Gasteiger partial charge in [-0.3, -0.25) is 4.79 Å². The molecule has 0 fully saturated rings. The lowest BCUT2D eigenvalue weighted by Crippen LogP contribution is -2.24. The van der Waals surface area contributed by atoms with Gasteiger partial charge in [0.25, 0.3) is 0 Å². The molecular weight excluding hydrogens is 571 g/mol. The second kappa shape index (κ2) is 13.8. The van der Waals surface area contributed by atoms with Gasteiger partial charge in [0.1, 0.15) is 28.2 Å². The Morgan fingerprint density at radius 3 is 2.29 bits per heavy atom. The minimum Gasteiger partial charge on any atom is -0.508 e. The van der Waals surface area contributed by atoms with Crippen LogP contribution in [0.25, 0.3) is 22.3 Å². The summed E-state index contributed by atoms with van der Waals surface area (Å²) in [4.78, 5) is 16.7. The maximum atomic E-state index is 12.0. The summed E-state index contributed by atoms with van der Waals surface area (Å²) in [7, 11) is 4.25. The molecule has 8 heteroatoms. The number of halogens is 2. The second-order valence-electron chi connectivity index (χ2n) is 10.4. The van der Waals surface area contributed by atoms with Gasteiger partial charge in [-0.1, -0.05) is 66.2 Å². The van der Waals surface area contributed by atoms with Crippen molar-refractivity contribution in [3.05, 3.63) is 117 Å². The van der Waals surface area contributed by atoms with Gasteiger partial charge in [-0.05, 0) is 69.2 Å². The lowest BCUT2D eigenvalue weighted by atomic mass is 10.0. The zero-order chi connectivity index (χ0) is 28.9. The highest BCUT2D eigenvalue weighted by molar-refractivity contribution is 6.30. The molecule has 0 saturated carbocycles. The molecule has 1 aliphatic heterocycles. The number of rotatable bonds is 5. The Morgan fingerprint density at radius 1 is 0.857 bits per heavy atom. The summed E-state index contributed by atoms with van der Waals surface area (Å²) in [6, 6.07) is 28.0. The number of aromatic hydroxyl groups is 2. The number of anilines is 2. The van der Waals surface area contributed by atoms with Crippen LogP contribution in [0.5, 0.6) is 11.5 Å². The smallest absolute Gasteiger partial charge is 0.197 e. The van der Waals surface area contributed by atoms with E-state index in [2.05, 4.69) is 60.3 Å². The zero-order valence-corrected chi connectivity index (χ0v) is 25.2. The minimum atomic E-state index is -0.349. The van der Waals surface area contributed by atoms with Gasteiger partial charge in [0, 0.05) is 46.7 Å². The summed E-state index contributed by atoms with van der Waals surface area (Å²) in [5.74, 6) is -0.0511. The van der Waals surface area contributed by atoms with E-state index >= 15 is 0 Å². The maximum Gasteiger partial charge on any atom is 0.197 e. The monoisotopic (exact) mass is 604 g/mol. The van der Waals surface area contributed by atoms with Gasteiger partial charge in [-0.2, -0.15) is 0 Å². The predicted molar refractivity (Wildman–Crippen MR) is 174 cm³/mol. The van der Waals surface area contributed by atoms with Crippen LogP contribution in [0.15, 0.2) is 100 Å². The lowest BCUT2D eigenvalue weighted by Gasteiger charge is -2.27. The second-order valence-corrected chi connectivity index (χ2v) is 10.8. The lowest BCUT2D eigenvalue weighted by molar-refractivity contribution is 0.402. The summed E-state index contributed by atoms with van der Waals surface area (Å²) in [6.07, 6.45) is 3.30. The average Bonchev–Trinajstić information content (AvgIpc) is 3.10. The van der Waals surface area contributed by atoms with Crippen molar-refractivity contribution in [1.82, 2.24) is 4.90 Å². The third-order valence-corrected chi connectivity index (χ3v) is 7.36. The van der Waals surface area contributed by atoms with Crippen LogP contribution in [0.2, 0.25) is 5.02 Å². The topological polar surface area (TPSA) is 77.2 Å². The van der Waals surface area contributed by atoms with E-state index in [4.69, 9.17) is 16.0 Å². The highest BCUT2D eigenvalue weighted by Crippen LogP contribution is 2.37. The summed E-state index contributed by atoms with van der Waals surface area (Å²) in [6.45, 7) is 2.11. The Balaban J connectivity index is 0.000000190. The fraction of sp³-hybridized carbons (Fsp3) is 0.206. The Bertz CT molecular complexity index is 1720. The predicted octanol–water partition coefficient (Wildman–Crippen LogP) is 7.82. The van der Waals surface area contributed by atoms with Crippen LogP contribution in [0.1, 0.15) is 17.5 Å². The number of phenolic OH excluding ortho intramolecular Hbond substituents is 2. The van der Waals surface area contributed by atoms with Crippen LogP contribution < -0.4 is 10.3 Å². The van der Waals surface area contributed by atoms with Crippen molar-refractivity contribution >= 4 is 46.4 Å². The van der Waals surface area contributed by atoms with Gasteiger partial charge in [-0.25, -0.2) is 0 Å². The van der Waals surface area contributed by atoms with E-state index in [1.54, 1.807) is 0 Å². The largest absolute Gasteiger partial charge is 0.508 e. The van der Waals surface area contributed by atoms with Crippen LogP contribution >= 0.6 is 24.0 Å². The number of benzene rings is 4. The normalized spacial score (nSPS) is 12.0. The molecule has 5 aromatic rings. The first-order valence-corrected chi connectivity index (χ1v) is 14.0. The fourth-order valence-electron chi connectivity index (χ4n) is 5.17. The van der Waals surface area contributed by atoms with Crippen molar-refractivity contribution in [1.29, 1.82) is 0 Å². The highest BCUT2D eigenvalue weighted by atomic mass is 35.5. The third-order valence-electron chi connectivity index (χ3n) is 7.12. The molecule has 0 amide bonds. The Kier molecular flexibility index (Phi) is 10.2. The molecule has 42 heavy (non-hydrogen) atoms. The summed E-state index contributed by atoms with van der Waals surface area (Å²) >= 11 is 6.27. The van der Waals surface area contributed by atoms with E-state index in [1.165, 1.54) is 34.6 Å². The van der Waals surface area contributed by atoms with Crippen molar-refractivity contribution in [3.8, 4) is 22.8 Å². The van der Waals surface area contributed by atoms with E-state index in [-0.39, 0.29) is 40.3 Å². The SMILES string of the molecule is CN(C)CCCN1c2ccccc2CCc2ccc(Cl)cc21.Cl.O=c1cc(-c2ccccc2)oc2cc(O)cc(O)c12. The summed E-state index contributed by atoms with van der Waals surface area (Å²) < 4.78 is 5.57. The van der Waals surface area contributed by atoms with Crippen molar-refractivity contribution in [2.75, 3.05) is 32.1 Å². The molecule has 0 spiro atoms. The van der Waals surface area contributed by atoms with Gasteiger partial charge in [0.05, 0.1) is 0 Å². The molecule has 0 aliphatic carbocycles. The first-order chi connectivity index (χ1) is 19.8. The van der Waals surface area contributed by atoms with Crippen LogP contribution in [0.3, 0.4) is 0 Å². The first-order valence-electron chi connectivity index (χ1n) is 13.6. The molecule has 0 bridgehead atoms. The molecule has 0 unspecified atom stereocenters. The summed E-state index contributed by atoms with van der Waals surface area (Å²) in [5, 5.41) is 20.0. The van der Waals surface area contributed by atoms with E-state index in [0.29, 0.717) is 5.76 Å². The van der Waals surface area contributed by atoms with Gasteiger partial charge < -0.3 is 24.4 Å². The highest BCUT2D eigenvalue weighted by Gasteiger charge is 2.20. The van der Waals surface area contributed by atoms with Gasteiger partial charge >= 0.3 is 0 Å². The van der Waals surface area contributed by atoms with Crippen LogP contribution in [0, 0.1) is 0 Å². The van der Waals surface area contributed by atoms with Crippen molar-refractivity contribution in [2.24, 2.45) is 0 Å². The van der Waals surface area contributed by atoms with Crippen LogP contribution in [-0.2, 0) is 12.8 Å². The molecule has 4 aromatic carbocycles. The van der Waals surface area contributed by atoms with Gasteiger partial charge in [-0.15, -0.1) is 12.4 Å². The molecule has 2 heterocycles. The Labute approximate surface area is 256 Å². The van der Waals surface area contributed by atoms with Crippen molar-refractivity contribution in [2.45, 2.75) is 19.3 Å². The minimum absolute atomic E-state index is 0. The van der Waals surface area contributed by atoms with E-state index in [0.717, 1.165) is 49.0 Å². The standard InChI is InChI=1S/C19H23ClN2.C15H10O4.ClH/c1-21(2)12-5-13-22-18-7-4-3-6-15(18)8-9-16-10-11-17(20)14-19(16)22;16-10-6-11(17)15-12(18)8-13(19-14(15)7-10)9-4-2-1-3-5-9;/h3-4,6-7,10-11,14H,5,8-9,12-13H2,1-2H3;1-8,16-17H;1H. The van der Waals surface area contributed by atoms with Crippen LogP contribution in [-0.4, -0.2) is 42.3 Å². The van der Waals surface area contributed by atoms with Gasteiger partial charge in [0.2, 0.25) is 0 Å². The first kappa shape index (κ1) is 31.0. The molecule has 1 aliphatic rings. The molecule has 0 saturated heterocycles. The van der Waals surface area contributed by atoms with Crippen LogP contribution in [0.4, 0.5) is 11.4 Å². The number of hydrogen-bond donors (Lipinski definition) is 2.